The summed E-state index contributed by atoms with van der Waals surface area (Å²) in [5.74, 6) is -11.0. The summed E-state index contributed by atoms with van der Waals surface area (Å²) in [5.41, 5.74) is 18.0. The second-order valence-corrected chi connectivity index (χ2v) is 23.8. The van der Waals surface area contributed by atoms with E-state index in [9.17, 15) is 63.0 Å². The van der Waals surface area contributed by atoms with E-state index in [0.29, 0.717) is 28.1 Å². The number of likely N-dealkylation sites (tertiary alicyclic amines) is 1. The maximum absolute atomic E-state index is 15.0. The predicted molar refractivity (Wildman–Crippen MR) is 341 cm³/mol. The number of carbonyl (C=O) groups is 12. The zero-order chi connectivity index (χ0) is 68.1. The maximum atomic E-state index is 15.0. The number of carbonyl (C=O) groups excluding carboxylic acids is 12. The average Bonchev–Trinajstić information content (AvgIpc) is 1.85. The molecule has 0 unspecified atom stereocenters. The number of benzene rings is 4. The van der Waals surface area contributed by atoms with E-state index in [1.165, 1.54) is 36.1 Å². The van der Waals surface area contributed by atoms with Gasteiger partial charge in [0, 0.05) is 50.8 Å². The molecule has 4 aromatic carbocycles. The number of aliphatic hydroxyl groups excluding tert-OH is 1. The van der Waals surface area contributed by atoms with Gasteiger partial charge in [-0.2, -0.15) is 0 Å². The van der Waals surface area contributed by atoms with Crippen LogP contribution in [0.15, 0.2) is 96.0 Å². The van der Waals surface area contributed by atoms with E-state index in [1.54, 1.807) is 50.2 Å². The molecule has 0 saturated carbocycles. The van der Waals surface area contributed by atoms with Crippen molar-refractivity contribution < 1.29 is 67.7 Å². The summed E-state index contributed by atoms with van der Waals surface area (Å²) >= 11 is 6.06. The standard InChI is InChI=1S/C63H82ClN15O14/c1-33(2)25-44(55(86)73-43(11-7-23-68-63(66)67)62(93)79-24-8-12-51(79)61(92)70-34(3)53(65)84)74-57(88)47(29-38-13-18-39-9-5-6-10-40(39)26-38)75-56(87)46(28-37-16-21-42(82)22-17-37)76-60(91)50(32-80)78-58(89)48-30-52(83)72-45(27-36-14-19-41(64)20-15-36)54(85)69-31-49(59(90)77-48)71-35(4)81/h5-6,9-10,13-22,26,33-34,43-51,80,82H,7-8,11-12,23-25,27-32H2,1-4H3,(H2,65,84)(H,69,85)(H,70,92)(H,71,81)(H,72,83)(H,73,86)(H,74,88)(H,75,87)(H,76,91)(H,77,90)(H,78,89)(H4,66,67,68)/t34-,43+,44-,45+,46+,47-,48+,49+,50+,51+/m1/s1. The Labute approximate surface area is 541 Å². The fourth-order valence-corrected chi connectivity index (χ4v) is 10.7. The quantitative estimate of drug-likeness (QED) is 0.0162. The zero-order valence-electron chi connectivity index (χ0n) is 52.0. The first-order chi connectivity index (χ1) is 44.2. The van der Waals surface area contributed by atoms with E-state index in [2.05, 4.69) is 58.2 Å². The van der Waals surface area contributed by atoms with Gasteiger partial charge in [0.15, 0.2) is 5.96 Å². The molecule has 93 heavy (non-hydrogen) atoms. The van der Waals surface area contributed by atoms with Crippen molar-refractivity contribution in [2.45, 2.75) is 146 Å². The van der Waals surface area contributed by atoms with Crippen molar-refractivity contribution in [1.29, 1.82) is 0 Å². The lowest BCUT2D eigenvalue weighted by Gasteiger charge is -2.31. The summed E-state index contributed by atoms with van der Waals surface area (Å²) in [5, 5.41) is 48.5. The first kappa shape index (κ1) is 72.2. The third-order valence-corrected chi connectivity index (χ3v) is 15.7. The van der Waals surface area contributed by atoms with Gasteiger partial charge >= 0.3 is 0 Å². The van der Waals surface area contributed by atoms with E-state index in [0.717, 1.165) is 17.7 Å². The summed E-state index contributed by atoms with van der Waals surface area (Å²) in [4.78, 5) is 172. The Morgan fingerprint density at radius 3 is 1.90 bits per heavy atom. The molecule has 29 nitrogen and oxygen atoms in total. The summed E-state index contributed by atoms with van der Waals surface area (Å²) in [7, 11) is 0. The molecule has 18 N–H and O–H groups in total. The second-order valence-electron chi connectivity index (χ2n) is 23.4. The molecule has 2 aliphatic heterocycles. The molecule has 12 amide bonds. The molecule has 10 atom stereocenters. The highest BCUT2D eigenvalue weighted by Crippen LogP contribution is 2.22. The molecule has 2 saturated heterocycles. The van der Waals surface area contributed by atoms with Crippen LogP contribution in [0, 0.1) is 5.92 Å². The maximum Gasteiger partial charge on any atom is 0.245 e. The molecule has 2 fully saturated rings. The van der Waals surface area contributed by atoms with Crippen molar-refractivity contribution in [1.82, 2.24) is 58.1 Å². The zero-order valence-corrected chi connectivity index (χ0v) is 52.8. The van der Waals surface area contributed by atoms with E-state index in [4.69, 9.17) is 28.8 Å². The van der Waals surface area contributed by atoms with Crippen LogP contribution in [0.3, 0.4) is 0 Å². The van der Waals surface area contributed by atoms with Gasteiger partial charge in [0.2, 0.25) is 70.9 Å². The number of hydrogen-bond acceptors (Lipinski definition) is 15. The number of phenolic OH excluding ortho intramolecular Hbond substituents is 1. The number of halogens is 1. The van der Waals surface area contributed by atoms with Crippen LogP contribution in [0.5, 0.6) is 5.75 Å². The Hall–Kier alpha value is -9.90. The first-order valence-electron chi connectivity index (χ1n) is 30.4. The van der Waals surface area contributed by atoms with Crippen molar-refractivity contribution in [2.75, 3.05) is 26.2 Å². The highest BCUT2D eigenvalue weighted by molar-refractivity contribution is 6.30. The van der Waals surface area contributed by atoms with Crippen LogP contribution in [0.25, 0.3) is 10.8 Å². The van der Waals surface area contributed by atoms with Gasteiger partial charge in [0.05, 0.1) is 13.0 Å². The number of hydrogen-bond donors (Lipinski definition) is 15. The second kappa shape index (κ2) is 34.5. The van der Waals surface area contributed by atoms with Crippen LogP contribution in [0.2, 0.25) is 5.02 Å². The lowest BCUT2D eigenvalue weighted by atomic mass is 9.98. The molecule has 6 rings (SSSR count). The Bertz CT molecular complexity index is 3400. The molecular weight excluding hydrogens is 1230 g/mol. The van der Waals surface area contributed by atoms with Gasteiger partial charge in [-0.15, -0.1) is 0 Å². The molecule has 0 radical (unpaired) electrons. The molecular formula is C63H82ClN15O14. The molecule has 0 bridgehead atoms. The third-order valence-electron chi connectivity index (χ3n) is 15.4. The molecule has 2 aliphatic rings. The smallest absolute Gasteiger partial charge is 0.245 e. The lowest BCUT2D eigenvalue weighted by Crippen LogP contribution is -2.61. The summed E-state index contributed by atoms with van der Waals surface area (Å²) < 4.78 is 0. The third kappa shape index (κ3) is 22.2. The van der Waals surface area contributed by atoms with E-state index in [1.807, 2.05) is 30.3 Å². The van der Waals surface area contributed by atoms with Crippen LogP contribution in [0.4, 0.5) is 0 Å². The largest absolute Gasteiger partial charge is 0.508 e. The number of rotatable bonds is 28. The van der Waals surface area contributed by atoms with Crippen molar-refractivity contribution in [3.05, 3.63) is 113 Å². The van der Waals surface area contributed by atoms with Crippen LogP contribution < -0.4 is 70.4 Å². The molecule has 4 aromatic rings. The molecule has 30 heteroatoms. The molecule has 0 spiro atoms. The topological polar surface area (TPSA) is 459 Å². The van der Waals surface area contributed by atoms with Gasteiger partial charge < -0.3 is 85.5 Å². The Morgan fingerprint density at radius 2 is 1.28 bits per heavy atom. The predicted octanol–water partition coefficient (Wildman–Crippen LogP) is -2.28. The number of nitrogens with one attached hydrogen (secondary N) is 10. The molecule has 500 valence electrons. The van der Waals surface area contributed by atoms with Gasteiger partial charge in [-0.05, 0) is 96.7 Å². The lowest BCUT2D eigenvalue weighted by molar-refractivity contribution is -0.142. The number of nitrogens with zero attached hydrogens (tertiary/aromatic N) is 2. The Balaban J connectivity index is 1.28. The number of guanidine groups is 1. The van der Waals surface area contributed by atoms with Crippen molar-refractivity contribution >= 4 is 99.2 Å². The van der Waals surface area contributed by atoms with Crippen LogP contribution in [-0.4, -0.2) is 179 Å². The van der Waals surface area contributed by atoms with E-state index >= 15 is 4.79 Å². The van der Waals surface area contributed by atoms with Crippen molar-refractivity contribution in [2.24, 2.45) is 28.1 Å². The van der Waals surface area contributed by atoms with Gasteiger partial charge in [0.25, 0.3) is 0 Å². The highest BCUT2D eigenvalue weighted by atomic mass is 35.5. The molecule has 2 heterocycles. The summed E-state index contributed by atoms with van der Waals surface area (Å²) in [6.45, 7) is 4.69. The number of nitrogens with two attached hydrogens (primary N) is 3. The summed E-state index contributed by atoms with van der Waals surface area (Å²) in [6.07, 6.45) is -0.591. The number of aliphatic imine (C=N–C) groups is 1. The van der Waals surface area contributed by atoms with Crippen LogP contribution in [-0.2, 0) is 76.8 Å². The number of aromatic hydroxyl groups is 1. The average molecular weight is 1310 g/mol. The van der Waals surface area contributed by atoms with Crippen molar-refractivity contribution in [3.8, 4) is 5.75 Å². The van der Waals surface area contributed by atoms with E-state index < -0.39 is 151 Å². The monoisotopic (exact) mass is 1310 g/mol. The number of fused-ring (bicyclic) bond motifs is 1. The fraction of sp³-hybridized carbons (Fsp3) is 0.444. The minimum Gasteiger partial charge on any atom is -0.508 e. The van der Waals surface area contributed by atoms with Gasteiger partial charge in [-0.3, -0.25) is 62.5 Å². The SMILES string of the molecule is CC(=O)N[C@H]1CNC(=O)[C@H](Cc2ccc(Cl)cc2)NC(=O)C[C@@H](C(=O)N[C@@H](CO)C(=O)N[C@@H](Cc2ccc(O)cc2)C(=O)N[C@H](Cc2ccc3ccccc3c2)C(=O)N[C@H](CC(C)C)C(=O)N[C@@H](CCCN=C(N)N)C(=O)N2CCC[C@H]2C(=O)N[C@H](C)C(N)=O)NC1=O. The highest BCUT2D eigenvalue weighted by Gasteiger charge is 2.40. The number of phenols is 1. The minimum absolute atomic E-state index is 0.00347. The summed E-state index contributed by atoms with van der Waals surface area (Å²) in [6, 6.07) is 10.4. The Kier molecular flexibility index (Phi) is 26.8. The number of primary amides is 1. The van der Waals surface area contributed by atoms with Gasteiger partial charge in [0.1, 0.15) is 66.2 Å². The van der Waals surface area contributed by atoms with Crippen LogP contribution >= 0.6 is 11.6 Å². The van der Waals surface area contributed by atoms with E-state index in [-0.39, 0.29) is 75.7 Å². The number of aliphatic hydroxyl groups is 1. The van der Waals surface area contributed by atoms with Crippen molar-refractivity contribution in [3.63, 3.8) is 0 Å². The minimum atomic E-state index is -1.90. The van der Waals surface area contributed by atoms with Gasteiger partial charge in [-0.1, -0.05) is 92.2 Å². The van der Waals surface area contributed by atoms with Gasteiger partial charge in [-0.25, -0.2) is 0 Å². The molecule has 0 aromatic heterocycles. The first-order valence-corrected chi connectivity index (χ1v) is 30.8. The number of amides is 12. The Morgan fingerprint density at radius 1 is 0.688 bits per heavy atom. The molecule has 0 aliphatic carbocycles. The fourth-order valence-electron chi connectivity index (χ4n) is 10.6. The normalized spacial score (nSPS) is 18.6. The van der Waals surface area contributed by atoms with Crippen LogP contribution in [0.1, 0.15) is 82.9 Å².